The first-order chi connectivity index (χ1) is 22.3. The number of nitrogens with zero attached hydrogens (tertiary/aromatic N) is 3. The summed E-state index contributed by atoms with van der Waals surface area (Å²) < 4.78 is 11.2. The summed E-state index contributed by atoms with van der Waals surface area (Å²) in [5, 5.41) is 5.95. The van der Waals surface area contributed by atoms with E-state index in [1.165, 1.54) is 42.0 Å². The Hall–Kier alpha value is -5.78. The first-order valence-corrected chi connectivity index (χ1v) is 15.8. The predicted octanol–water partition coefficient (Wildman–Crippen LogP) is 11.2. The lowest BCUT2D eigenvalue weighted by Crippen LogP contribution is -1.94. The highest BCUT2D eigenvalue weighted by Crippen LogP contribution is 2.46. The van der Waals surface area contributed by atoms with Gasteiger partial charge >= 0.3 is 0 Å². The van der Waals surface area contributed by atoms with Gasteiger partial charge in [0.2, 0.25) is 0 Å². The molecule has 0 aliphatic carbocycles. The fraction of sp³-hybridized carbons (Fsp3) is 0. The van der Waals surface area contributed by atoms with Crippen LogP contribution in [0, 0.1) is 0 Å². The molecule has 4 aromatic heterocycles. The van der Waals surface area contributed by atoms with E-state index in [4.69, 9.17) is 14.4 Å². The molecule has 10 rings (SSSR count). The van der Waals surface area contributed by atoms with Gasteiger partial charge in [0.1, 0.15) is 16.8 Å². The molecule has 0 amide bonds. The number of aromatic nitrogens is 3. The quantitative estimate of drug-likeness (QED) is 0.205. The third kappa shape index (κ3) is 3.53. The summed E-state index contributed by atoms with van der Waals surface area (Å²) in [5.74, 6) is 0.699. The molecule has 210 valence electrons. The molecule has 0 aliphatic rings. The lowest BCUT2D eigenvalue weighted by molar-refractivity contribution is 0.667. The molecule has 4 nitrogen and oxygen atoms in total. The molecule has 0 saturated heterocycles. The van der Waals surface area contributed by atoms with Gasteiger partial charge in [0.15, 0.2) is 11.4 Å². The van der Waals surface area contributed by atoms with Crippen molar-refractivity contribution in [2.45, 2.75) is 0 Å². The van der Waals surface area contributed by atoms with Crippen LogP contribution in [0.15, 0.2) is 144 Å². The van der Waals surface area contributed by atoms with E-state index in [0.717, 1.165) is 39.0 Å². The maximum atomic E-state index is 6.37. The zero-order valence-corrected chi connectivity index (χ0v) is 24.8. The van der Waals surface area contributed by atoms with Crippen molar-refractivity contribution in [1.82, 2.24) is 14.5 Å². The van der Waals surface area contributed by atoms with Gasteiger partial charge < -0.3 is 8.98 Å². The lowest BCUT2D eigenvalue weighted by atomic mass is 10.1. The number of fused-ring (bicyclic) bond motifs is 10. The molecule has 5 heteroatoms. The van der Waals surface area contributed by atoms with Crippen LogP contribution < -0.4 is 0 Å². The molecule has 0 radical (unpaired) electrons. The minimum atomic E-state index is 0.699. The van der Waals surface area contributed by atoms with Gasteiger partial charge in [-0.2, -0.15) is 0 Å². The molecule has 45 heavy (non-hydrogen) atoms. The molecule has 4 heterocycles. The Morgan fingerprint density at radius 1 is 0.533 bits per heavy atom. The summed E-state index contributed by atoms with van der Waals surface area (Å²) in [6.45, 7) is 0. The highest BCUT2D eigenvalue weighted by Gasteiger charge is 2.22. The van der Waals surface area contributed by atoms with Gasteiger partial charge in [0.05, 0.1) is 15.7 Å². The third-order valence-electron chi connectivity index (χ3n) is 8.82. The Kier molecular flexibility index (Phi) is 5.12. The minimum absolute atomic E-state index is 0.699. The van der Waals surface area contributed by atoms with Gasteiger partial charge in [-0.25, -0.2) is 9.97 Å². The first-order valence-electron chi connectivity index (χ1n) is 15.0. The number of hydrogen-bond donors (Lipinski definition) is 0. The number of hydrogen-bond acceptors (Lipinski definition) is 4. The molecule has 0 fully saturated rings. The number of thiophene rings is 1. The lowest BCUT2D eigenvalue weighted by Gasteiger charge is -2.08. The second kappa shape index (κ2) is 9.36. The molecule has 0 bridgehead atoms. The molecule has 6 aromatic carbocycles. The summed E-state index contributed by atoms with van der Waals surface area (Å²) in [6, 6.07) is 48.8. The maximum Gasteiger partial charge on any atom is 0.180 e. The SMILES string of the molecule is c1ccc(-c2nc(-c3cccc4c3sc3c4ccc4c5ccccc5n(-c5ccccc5)c43)nc3c2oc2ccccc23)cc1. The van der Waals surface area contributed by atoms with Crippen molar-refractivity contribution in [1.29, 1.82) is 0 Å². The van der Waals surface area contributed by atoms with Gasteiger partial charge in [0, 0.05) is 48.4 Å². The van der Waals surface area contributed by atoms with Crippen LogP contribution >= 0.6 is 11.3 Å². The van der Waals surface area contributed by atoms with E-state index in [1.54, 1.807) is 0 Å². The predicted molar refractivity (Wildman–Crippen MR) is 187 cm³/mol. The second-order valence-electron chi connectivity index (χ2n) is 11.3. The van der Waals surface area contributed by atoms with Crippen molar-refractivity contribution >= 4 is 75.4 Å². The van der Waals surface area contributed by atoms with E-state index in [1.807, 2.05) is 47.7 Å². The van der Waals surface area contributed by atoms with Gasteiger partial charge in [-0.15, -0.1) is 11.3 Å². The summed E-state index contributed by atoms with van der Waals surface area (Å²) in [5.41, 5.74) is 8.77. The Balaban J connectivity index is 1.31. The van der Waals surface area contributed by atoms with Crippen LogP contribution in [-0.4, -0.2) is 14.5 Å². The fourth-order valence-electron chi connectivity index (χ4n) is 6.83. The van der Waals surface area contributed by atoms with E-state index in [2.05, 4.69) is 108 Å². The van der Waals surface area contributed by atoms with Crippen molar-refractivity contribution in [3.8, 4) is 28.3 Å². The van der Waals surface area contributed by atoms with Gasteiger partial charge in [-0.05, 0) is 36.4 Å². The van der Waals surface area contributed by atoms with Crippen LogP contribution in [0.4, 0.5) is 0 Å². The molecular formula is C40H23N3OS. The zero-order chi connectivity index (χ0) is 29.5. The highest BCUT2D eigenvalue weighted by molar-refractivity contribution is 7.27. The standard InChI is InChI=1S/C40H23N3OS/c1-3-12-24(13-4-1)34-37-35(30-17-8-10-21-33(30)44-37)42-40(41-34)31-19-11-18-28-29-23-22-27-26-16-7-9-20-32(26)43(25-14-5-2-6-15-25)36(27)39(29)45-38(28)31/h1-23H. The van der Waals surface area contributed by atoms with Gasteiger partial charge in [-0.1, -0.05) is 103 Å². The topological polar surface area (TPSA) is 43.9 Å². The van der Waals surface area contributed by atoms with Crippen molar-refractivity contribution in [2.75, 3.05) is 0 Å². The number of para-hydroxylation sites is 3. The highest BCUT2D eigenvalue weighted by atomic mass is 32.1. The Morgan fingerprint density at radius 3 is 2.09 bits per heavy atom. The van der Waals surface area contributed by atoms with Crippen LogP contribution in [0.25, 0.3) is 92.4 Å². The fourth-order valence-corrected chi connectivity index (χ4v) is 8.18. The van der Waals surface area contributed by atoms with Crippen LogP contribution in [0.2, 0.25) is 0 Å². The first kappa shape index (κ1) is 24.6. The smallest absolute Gasteiger partial charge is 0.180 e. The van der Waals surface area contributed by atoms with Crippen molar-refractivity contribution in [3.63, 3.8) is 0 Å². The summed E-state index contributed by atoms with van der Waals surface area (Å²) in [6.07, 6.45) is 0. The molecular weight excluding hydrogens is 571 g/mol. The molecule has 0 spiro atoms. The molecule has 0 N–H and O–H groups in total. The molecule has 0 saturated carbocycles. The van der Waals surface area contributed by atoms with E-state index >= 15 is 0 Å². The molecule has 0 atom stereocenters. The van der Waals surface area contributed by atoms with Gasteiger partial charge in [-0.3, -0.25) is 0 Å². The minimum Gasteiger partial charge on any atom is -0.452 e. The molecule has 10 aromatic rings. The second-order valence-corrected chi connectivity index (χ2v) is 12.4. The third-order valence-corrected chi connectivity index (χ3v) is 10.1. The van der Waals surface area contributed by atoms with Crippen LogP contribution in [0.1, 0.15) is 0 Å². The van der Waals surface area contributed by atoms with Crippen molar-refractivity contribution in [2.24, 2.45) is 0 Å². The zero-order valence-electron chi connectivity index (χ0n) is 23.9. The van der Waals surface area contributed by atoms with Crippen molar-refractivity contribution in [3.05, 3.63) is 140 Å². The van der Waals surface area contributed by atoms with Crippen molar-refractivity contribution < 1.29 is 4.42 Å². The average Bonchev–Trinajstić information content (AvgIpc) is 3.78. The monoisotopic (exact) mass is 593 g/mol. The summed E-state index contributed by atoms with van der Waals surface area (Å²) in [7, 11) is 0. The maximum absolute atomic E-state index is 6.37. The summed E-state index contributed by atoms with van der Waals surface area (Å²) >= 11 is 1.83. The van der Waals surface area contributed by atoms with E-state index in [-0.39, 0.29) is 0 Å². The Morgan fingerprint density at radius 2 is 1.22 bits per heavy atom. The summed E-state index contributed by atoms with van der Waals surface area (Å²) in [4.78, 5) is 10.4. The normalized spacial score (nSPS) is 12.0. The Labute approximate surface area is 261 Å². The van der Waals surface area contributed by atoms with E-state index in [9.17, 15) is 0 Å². The average molecular weight is 594 g/mol. The van der Waals surface area contributed by atoms with Crippen LogP contribution in [-0.2, 0) is 0 Å². The number of furan rings is 1. The van der Waals surface area contributed by atoms with Gasteiger partial charge in [0.25, 0.3) is 0 Å². The molecule has 0 unspecified atom stereocenters. The van der Waals surface area contributed by atoms with E-state index in [0.29, 0.717) is 11.4 Å². The van der Waals surface area contributed by atoms with Crippen LogP contribution in [0.3, 0.4) is 0 Å². The number of benzene rings is 6. The number of rotatable bonds is 3. The van der Waals surface area contributed by atoms with Crippen LogP contribution in [0.5, 0.6) is 0 Å². The molecule has 0 aliphatic heterocycles. The van der Waals surface area contributed by atoms with E-state index < -0.39 is 0 Å². The Bertz CT molecular complexity index is 2760. The largest absolute Gasteiger partial charge is 0.452 e.